The molecule has 0 aromatic heterocycles. The number of carbonyl (C=O) groups is 3. The van der Waals surface area contributed by atoms with Gasteiger partial charge in [0, 0.05) is 30.3 Å². The molecule has 0 bridgehead atoms. The van der Waals surface area contributed by atoms with E-state index in [2.05, 4.69) is 13.8 Å². The fourth-order valence-corrected chi connectivity index (χ4v) is 3.62. The van der Waals surface area contributed by atoms with Crippen LogP contribution in [-0.2, 0) is 19.1 Å². The number of rotatable bonds is 13. The van der Waals surface area contributed by atoms with Crippen LogP contribution in [0.25, 0.3) is 0 Å². The lowest BCUT2D eigenvalue weighted by atomic mass is 9.69. The van der Waals surface area contributed by atoms with Crippen LogP contribution < -0.4 is 11.5 Å². The summed E-state index contributed by atoms with van der Waals surface area (Å²) in [6, 6.07) is 0. The van der Waals surface area contributed by atoms with E-state index in [9.17, 15) is 14.4 Å². The second-order valence-electron chi connectivity index (χ2n) is 11.1. The Kier molecular flexibility index (Phi) is 13.4. The van der Waals surface area contributed by atoms with Gasteiger partial charge in [-0.05, 0) is 44.9 Å². The molecule has 2 amide bonds. The topological polar surface area (TPSA) is 112 Å². The van der Waals surface area contributed by atoms with Crippen molar-refractivity contribution in [1.29, 1.82) is 0 Å². The summed E-state index contributed by atoms with van der Waals surface area (Å²) in [6.07, 6.45) is 2.97. The lowest BCUT2D eigenvalue weighted by Crippen LogP contribution is -2.39. The molecule has 178 valence electrons. The molecule has 0 heterocycles. The lowest BCUT2D eigenvalue weighted by molar-refractivity contribution is -0.138. The smallest absolute Gasteiger partial charge is 0.217 e. The van der Waals surface area contributed by atoms with Crippen LogP contribution in [0.15, 0.2) is 0 Å². The average Bonchev–Trinajstić information content (AvgIpc) is 2.50. The predicted octanol–water partition coefficient (Wildman–Crippen LogP) is 4.62. The standard InChI is InChI=1S/C19H37NO3.C5H11NO/c1-14(2)13-18(5,6)16(22)17(3,4)11-12-23-19(7,8)10-9-15(20)21;1-4(2)3-5(6)7/h14H,9-13H2,1-8H3,(H2,20,21);4H,3H2,1-2H3,(H2,6,7). The molecule has 0 aliphatic rings. The van der Waals surface area contributed by atoms with Crippen LogP contribution >= 0.6 is 0 Å². The molecule has 0 aliphatic heterocycles. The number of primary amides is 2. The van der Waals surface area contributed by atoms with Crippen molar-refractivity contribution in [2.75, 3.05) is 6.61 Å². The van der Waals surface area contributed by atoms with E-state index in [1.54, 1.807) is 0 Å². The van der Waals surface area contributed by atoms with Crippen molar-refractivity contribution in [3.63, 3.8) is 0 Å². The summed E-state index contributed by atoms with van der Waals surface area (Å²) >= 11 is 0. The van der Waals surface area contributed by atoms with Gasteiger partial charge in [-0.3, -0.25) is 14.4 Å². The van der Waals surface area contributed by atoms with E-state index >= 15 is 0 Å². The van der Waals surface area contributed by atoms with Gasteiger partial charge >= 0.3 is 0 Å². The summed E-state index contributed by atoms with van der Waals surface area (Å²) < 4.78 is 5.90. The quantitative estimate of drug-likeness (QED) is 0.445. The Morgan fingerprint density at radius 3 is 1.60 bits per heavy atom. The highest BCUT2D eigenvalue weighted by Crippen LogP contribution is 2.37. The molecule has 6 heteroatoms. The second-order valence-corrected chi connectivity index (χ2v) is 11.1. The third kappa shape index (κ3) is 15.4. The van der Waals surface area contributed by atoms with Crippen molar-refractivity contribution >= 4 is 17.6 Å². The molecule has 0 rings (SSSR count). The first-order valence-corrected chi connectivity index (χ1v) is 11.1. The van der Waals surface area contributed by atoms with Crippen molar-refractivity contribution in [3.8, 4) is 0 Å². The fourth-order valence-electron chi connectivity index (χ4n) is 3.62. The van der Waals surface area contributed by atoms with Crippen LogP contribution in [-0.4, -0.2) is 29.8 Å². The van der Waals surface area contributed by atoms with Crippen molar-refractivity contribution in [2.24, 2.45) is 34.1 Å². The number of amides is 2. The summed E-state index contributed by atoms with van der Waals surface area (Å²) in [4.78, 5) is 33.8. The number of carbonyl (C=O) groups excluding carboxylic acids is 3. The molecule has 0 saturated heterocycles. The first-order valence-electron chi connectivity index (χ1n) is 11.1. The van der Waals surface area contributed by atoms with Crippen LogP contribution in [0.5, 0.6) is 0 Å². The zero-order chi connectivity index (χ0) is 24.3. The monoisotopic (exact) mass is 428 g/mol. The van der Waals surface area contributed by atoms with Gasteiger partial charge in [-0.15, -0.1) is 0 Å². The maximum Gasteiger partial charge on any atom is 0.217 e. The van der Waals surface area contributed by atoms with E-state index in [4.69, 9.17) is 16.2 Å². The SMILES string of the molecule is CC(C)CC(C)(C)C(=O)C(C)(C)CCOC(C)(C)CCC(N)=O.CC(C)CC(N)=O. The van der Waals surface area contributed by atoms with Crippen LogP contribution in [0.1, 0.15) is 101 Å². The summed E-state index contributed by atoms with van der Waals surface area (Å²) in [5, 5.41) is 0. The highest BCUT2D eigenvalue weighted by molar-refractivity contribution is 5.89. The van der Waals surface area contributed by atoms with Gasteiger partial charge in [0.1, 0.15) is 5.78 Å². The van der Waals surface area contributed by atoms with Crippen molar-refractivity contribution < 1.29 is 19.1 Å². The van der Waals surface area contributed by atoms with E-state index in [1.165, 1.54) is 0 Å². The predicted molar refractivity (Wildman–Crippen MR) is 124 cm³/mol. The molecule has 0 unspecified atom stereocenters. The zero-order valence-corrected chi connectivity index (χ0v) is 21.2. The Morgan fingerprint density at radius 2 is 1.27 bits per heavy atom. The first-order chi connectivity index (χ1) is 13.3. The molecule has 0 fully saturated rings. The molecular formula is C24H48N2O4. The third-order valence-corrected chi connectivity index (χ3v) is 4.95. The maximum atomic E-state index is 12.9. The molecule has 4 N–H and O–H groups in total. The molecule has 0 aromatic carbocycles. The molecule has 0 radical (unpaired) electrons. The van der Waals surface area contributed by atoms with Gasteiger partial charge in [0.2, 0.25) is 11.8 Å². The van der Waals surface area contributed by atoms with Gasteiger partial charge in [-0.1, -0.05) is 55.4 Å². The van der Waals surface area contributed by atoms with E-state index in [1.807, 2.05) is 55.4 Å². The van der Waals surface area contributed by atoms with Gasteiger partial charge in [0.05, 0.1) is 5.60 Å². The number of Topliss-reactive ketones (excluding diaryl/α,β-unsaturated/α-hetero) is 1. The minimum absolute atomic E-state index is 0.213. The van der Waals surface area contributed by atoms with Crippen LogP contribution in [0.3, 0.4) is 0 Å². The fraction of sp³-hybridized carbons (Fsp3) is 0.875. The molecule has 0 aromatic rings. The highest BCUT2D eigenvalue weighted by atomic mass is 16.5. The molecule has 0 saturated carbocycles. The number of ketones is 1. The van der Waals surface area contributed by atoms with E-state index in [0.29, 0.717) is 44.1 Å². The van der Waals surface area contributed by atoms with Crippen LogP contribution in [0.4, 0.5) is 0 Å². The van der Waals surface area contributed by atoms with Gasteiger partial charge in [-0.2, -0.15) is 0 Å². The normalized spacial score (nSPS) is 12.5. The van der Waals surface area contributed by atoms with Gasteiger partial charge in [-0.25, -0.2) is 0 Å². The first kappa shape index (κ1) is 30.8. The molecule has 6 nitrogen and oxygen atoms in total. The molecule has 30 heavy (non-hydrogen) atoms. The molecular weight excluding hydrogens is 380 g/mol. The van der Waals surface area contributed by atoms with E-state index in [0.717, 1.165) is 6.42 Å². The van der Waals surface area contributed by atoms with Crippen molar-refractivity contribution in [1.82, 2.24) is 0 Å². The number of ether oxygens (including phenoxy) is 1. The number of hydrogen-bond acceptors (Lipinski definition) is 4. The van der Waals surface area contributed by atoms with Gasteiger partial charge < -0.3 is 16.2 Å². The summed E-state index contributed by atoms with van der Waals surface area (Å²) in [6.45, 7) is 20.7. The Bertz CT molecular complexity index is 549. The average molecular weight is 429 g/mol. The number of hydrogen-bond donors (Lipinski definition) is 2. The van der Waals surface area contributed by atoms with Crippen LogP contribution in [0.2, 0.25) is 0 Å². The van der Waals surface area contributed by atoms with E-state index < -0.39 is 11.0 Å². The Morgan fingerprint density at radius 1 is 0.767 bits per heavy atom. The Hall–Kier alpha value is -1.43. The second kappa shape index (κ2) is 13.1. The molecule has 0 aliphatic carbocycles. The van der Waals surface area contributed by atoms with Crippen molar-refractivity contribution in [3.05, 3.63) is 0 Å². The zero-order valence-electron chi connectivity index (χ0n) is 21.2. The Labute approximate surface area is 184 Å². The van der Waals surface area contributed by atoms with Crippen molar-refractivity contribution in [2.45, 2.75) is 107 Å². The Balaban J connectivity index is 0. The number of nitrogens with two attached hydrogens (primary N) is 2. The van der Waals surface area contributed by atoms with E-state index in [-0.39, 0.29) is 23.0 Å². The third-order valence-electron chi connectivity index (χ3n) is 4.95. The minimum Gasteiger partial charge on any atom is -0.376 e. The summed E-state index contributed by atoms with van der Waals surface area (Å²) in [5.41, 5.74) is 8.90. The maximum absolute atomic E-state index is 12.9. The highest BCUT2D eigenvalue weighted by Gasteiger charge is 2.39. The van der Waals surface area contributed by atoms with Gasteiger partial charge in [0.15, 0.2) is 0 Å². The molecule has 0 atom stereocenters. The molecule has 0 spiro atoms. The van der Waals surface area contributed by atoms with Crippen LogP contribution in [0, 0.1) is 22.7 Å². The van der Waals surface area contributed by atoms with Gasteiger partial charge in [0.25, 0.3) is 0 Å². The largest absolute Gasteiger partial charge is 0.376 e. The summed E-state index contributed by atoms with van der Waals surface area (Å²) in [7, 11) is 0. The minimum atomic E-state index is -0.418. The lowest BCUT2D eigenvalue weighted by Gasteiger charge is -2.35. The summed E-state index contributed by atoms with van der Waals surface area (Å²) in [5.74, 6) is 0.658.